The molecule has 0 fully saturated rings. The molecule has 1 unspecified atom stereocenters. The second-order valence-electron chi connectivity index (χ2n) is 6.05. The van der Waals surface area contributed by atoms with Gasteiger partial charge >= 0.3 is 0 Å². The van der Waals surface area contributed by atoms with Gasteiger partial charge in [-0.05, 0) is 30.2 Å². The van der Waals surface area contributed by atoms with Crippen LogP contribution in [0.2, 0.25) is 5.02 Å². The molecule has 1 atom stereocenters. The first-order valence-corrected chi connectivity index (χ1v) is 9.45. The van der Waals surface area contributed by atoms with Gasteiger partial charge in [-0.2, -0.15) is 8.78 Å². The molecule has 27 heavy (non-hydrogen) atoms. The highest BCUT2D eigenvalue weighted by Gasteiger charge is 2.26. The lowest BCUT2D eigenvalue weighted by Gasteiger charge is -2.22. The number of carbonyl (C=O) groups excluding carboxylic acids is 2. The Morgan fingerprint density at radius 1 is 1.04 bits per heavy atom. The average Bonchev–Trinajstić information content (AvgIpc) is 2.62. The van der Waals surface area contributed by atoms with E-state index < -0.39 is 23.6 Å². The van der Waals surface area contributed by atoms with Crippen LogP contribution in [-0.2, 0) is 4.79 Å². The summed E-state index contributed by atoms with van der Waals surface area (Å²) in [6.45, 7) is 3.56. The number of anilines is 1. The van der Waals surface area contributed by atoms with Crippen LogP contribution in [0.25, 0.3) is 0 Å². The molecule has 0 saturated heterocycles. The summed E-state index contributed by atoms with van der Waals surface area (Å²) < 4.78 is 25.6. The Labute approximate surface area is 165 Å². The fourth-order valence-electron chi connectivity index (χ4n) is 2.38. The Morgan fingerprint density at radius 3 is 2.30 bits per heavy atom. The molecule has 2 rings (SSSR count). The molecule has 2 aromatic carbocycles. The molecule has 8 heteroatoms. The lowest BCUT2D eigenvalue weighted by Crippen LogP contribution is -2.47. The first-order chi connectivity index (χ1) is 12.8. The second-order valence-corrected chi connectivity index (χ2v) is 7.45. The predicted octanol–water partition coefficient (Wildman–Crippen LogP) is 5.05. The maximum Gasteiger partial charge on any atom is 0.289 e. The molecule has 2 N–H and O–H groups in total. The lowest BCUT2D eigenvalue weighted by atomic mass is 10.0. The van der Waals surface area contributed by atoms with E-state index in [2.05, 4.69) is 10.6 Å². The zero-order chi connectivity index (χ0) is 20.0. The van der Waals surface area contributed by atoms with E-state index >= 15 is 0 Å². The quantitative estimate of drug-likeness (QED) is 0.626. The number of alkyl halides is 2. The molecule has 0 heterocycles. The number of amides is 2. The van der Waals surface area contributed by atoms with E-state index in [1.165, 1.54) is 12.1 Å². The molecular formula is C19H19ClF2N2O2S. The molecule has 0 spiro atoms. The fraction of sp³-hybridized carbons (Fsp3) is 0.263. The van der Waals surface area contributed by atoms with Gasteiger partial charge in [0.25, 0.3) is 11.7 Å². The van der Waals surface area contributed by atoms with Crippen molar-refractivity contribution in [3.05, 3.63) is 59.1 Å². The van der Waals surface area contributed by atoms with Crippen molar-refractivity contribution >= 4 is 40.9 Å². The van der Waals surface area contributed by atoms with E-state index in [4.69, 9.17) is 11.6 Å². The topological polar surface area (TPSA) is 58.2 Å². The van der Waals surface area contributed by atoms with Crippen molar-refractivity contribution < 1.29 is 18.4 Å². The summed E-state index contributed by atoms with van der Waals surface area (Å²) in [5.41, 5.74) is 0.602. The highest BCUT2D eigenvalue weighted by Crippen LogP contribution is 2.37. The molecule has 0 aliphatic rings. The van der Waals surface area contributed by atoms with Crippen LogP contribution in [0.15, 0.2) is 53.4 Å². The van der Waals surface area contributed by atoms with Gasteiger partial charge in [-0.1, -0.05) is 61.5 Å². The zero-order valence-corrected chi connectivity index (χ0v) is 16.3. The summed E-state index contributed by atoms with van der Waals surface area (Å²) in [4.78, 5) is 25.2. The standard InChI is InChI=1S/C19H19ClF2N2O2S/c1-11(2)15(24-17(25)12-7-4-3-5-8-12)18(26)23-14-10-6-9-13(20)16(14)27-19(21)22/h3-11,15,19H,1-2H3,(H,23,26)(H,24,25). The molecule has 0 bridgehead atoms. The minimum Gasteiger partial charge on any atom is -0.340 e. The van der Waals surface area contributed by atoms with Crippen molar-refractivity contribution in [2.24, 2.45) is 5.92 Å². The molecule has 0 aliphatic carbocycles. The Balaban J connectivity index is 2.19. The van der Waals surface area contributed by atoms with Crippen molar-refractivity contribution in [3.63, 3.8) is 0 Å². The van der Waals surface area contributed by atoms with E-state index in [0.29, 0.717) is 5.56 Å². The lowest BCUT2D eigenvalue weighted by molar-refractivity contribution is -0.118. The van der Waals surface area contributed by atoms with E-state index in [0.717, 1.165) is 0 Å². The van der Waals surface area contributed by atoms with Crippen molar-refractivity contribution in [1.82, 2.24) is 5.32 Å². The van der Waals surface area contributed by atoms with Gasteiger partial charge in [-0.15, -0.1) is 0 Å². The second kappa shape index (κ2) is 9.71. The van der Waals surface area contributed by atoms with Gasteiger partial charge in [0.1, 0.15) is 6.04 Å². The molecule has 0 saturated carbocycles. The number of hydrogen-bond acceptors (Lipinski definition) is 3. The van der Waals surface area contributed by atoms with Crippen LogP contribution >= 0.6 is 23.4 Å². The maximum atomic E-state index is 12.8. The van der Waals surface area contributed by atoms with Gasteiger partial charge in [-0.25, -0.2) is 0 Å². The van der Waals surface area contributed by atoms with Crippen molar-refractivity contribution in [3.8, 4) is 0 Å². The Hall–Kier alpha value is -2.12. The Bertz CT molecular complexity index is 804. The predicted molar refractivity (Wildman–Crippen MR) is 104 cm³/mol. The SMILES string of the molecule is CC(C)C(NC(=O)c1ccccc1)C(=O)Nc1cccc(Cl)c1SC(F)F. The number of halogens is 3. The Morgan fingerprint density at radius 2 is 1.70 bits per heavy atom. The van der Waals surface area contributed by atoms with Crippen LogP contribution in [0, 0.1) is 5.92 Å². The number of nitrogens with one attached hydrogen (secondary N) is 2. The van der Waals surface area contributed by atoms with Gasteiger partial charge in [-0.3, -0.25) is 9.59 Å². The first-order valence-electron chi connectivity index (χ1n) is 8.19. The number of benzene rings is 2. The van der Waals surface area contributed by atoms with E-state index in [1.54, 1.807) is 50.2 Å². The molecule has 144 valence electrons. The normalized spacial score (nSPS) is 12.1. The summed E-state index contributed by atoms with van der Waals surface area (Å²) in [6, 6.07) is 12.2. The van der Waals surface area contributed by atoms with Crippen LogP contribution in [0.5, 0.6) is 0 Å². The summed E-state index contributed by atoms with van der Waals surface area (Å²) in [5.74, 6) is -3.80. The highest BCUT2D eigenvalue weighted by atomic mass is 35.5. The minimum absolute atomic E-state index is 0.0828. The van der Waals surface area contributed by atoms with Crippen molar-refractivity contribution in [1.29, 1.82) is 0 Å². The summed E-state index contributed by atoms with van der Waals surface area (Å²) in [6.07, 6.45) is 0. The third-order valence-electron chi connectivity index (χ3n) is 3.70. The minimum atomic E-state index is -2.68. The maximum absolute atomic E-state index is 12.8. The average molecular weight is 413 g/mol. The molecule has 0 aromatic heterocycles. The van der Waals surface area contributed by atoms with Gasteiger partial charge in [0, 0.05) is 5.56 Å². The number of thioether (sulfide) groups is 1. The van der Waals surface area contributed by atoms with Crippen molar-refractivity contribution in [2.75, 3.05) is 5.32 Å². The van der Waals surface area contributed by atoms with Crippen molar-refractivity contribution in [2.45, 2.75) is 30.5 Å². The number of carbonyl (C=O) groups is 2. The highest BCUT2D eigenvalue weighted by molar-refractivity contribution is 7.99. The number of hydrogen-bond donors (Lipinski definition) is 2. The van der Waals surface area contributed by atoms with Crippen LogP contribution in [0.3, 0.4) is 0 Å². The van der Waals surface area contributed by atoms with E-state index in [9.17, 15) is 18.4 Å². The van der Waals surface area contributed by atoms with Gasteiger partial charge in [0.2, 0.25) is 5.91 Å². The Kier molecular flexibility index (Phi) is 7.62. The summed E-state index contributed by atoms with van der Waals surface area (Å²) >= 11 is 6.25. The van der Waals surface area contributed by atoms with Gasteiger partial charge in [0.15, 0.2) is 0 Å². The molecule has 0 radical (unpaired) electrons. The van der Waals surface area contributed by atoms with E-state index in [-0.39, 0.29) is 33.3 Å². The molecule has 4 nitrogen and oxygen atoms in total. The van der Waals surface area contributed by atoms with Crippen LogP contribution in [0.1, 0.15) is 24.2 Å². The first kappa shape index (κ1) is 21.2. The smallest absolute Gasteiger partial charge is 0.289 e. The fourth-order valence-corrected chi connectivity index (χ4v) is 3.29. The van der Waals surface area contributed by atoms with Gasteiger partial charge < -0.3 is 10.6 Å². The molecular weight excluding hydrogens is 394 g/mol. The van der Waals surface area contributed by atoms with Crippen LogP contribution in [-0.4, -0.2) is 23.6 Å². The molecule has 2 amide bonds. The van der Waals surface area contributed by atoms with Gasteiger partial charge in [0.05, 0.1) is 15.6 Å². The third kappa shape index (κ3) is 5.94. The zero-order valence-electron chi connectivity index (χ0n) is 14.7. The monoisotopic (exact) mass is 412 g/mol. The largest absolute Gasteiger partial charge is 0.340 e. The van der Waals surface area contributed by atoms with E-state index in [1.807, 2.05) is 0 Å². The van der Waals surface area contributed by atoms with Crippen LogP contribution < -0.4 is 10.6 Å². The third-order valence-corrected chi connectivity index (χ3v) is 4.98. The summed E-state index contributed by atoms with van der Waals surface area (Å²) in [7, 11) is 0. The number of rotatable bonds is 7. The molecule has 0 aliphatic heterocycles. The van der Waals surface area contributed by atoms with Crippen LogP contribution in [0.4, 0.5) is 14.5 Å². The molecule has 2 aromatic rings. The summed E-state index contributed by atoms with van der Waals surface area (Å²) in [5, 5.41) is 5.41.